The average Bonchev–Trinajstić information content (AvgIpc) is 2.64. The summed E-state index contributed by atoms with van der Waals surface area (Å²) in [7, 11) is 0. The lowest BCUT2D eigenvalue weighted by Crippen LogP contribution is -2.08. The minimum Gasteiger partial charge on any atom is -0.360 e. The highest BCUT2D eigenvalue weighted by molar-refractivity contribution is 6.03. The molecule has 0 saturated heterocycles. The van der Waals surface area contributed by atoms with E-state index in [-0.39, 0.29) is 5.56 Å². The summed E-state index contributed by atoms with van der Waals surface area (Å²) in [6, 6.07) is 13.3. The van der Waals surface area contributed by atoms with Gasteiger partial charge in [-0.3, -0.25) is 9.20 Å². The summed E-state index contributed by atoms with van der Waals surface area (Å²) < 4.78 is 1.77. The molecular formula is C15H10N2O. The normalized spacial score (nSPS) is 12.9. The second-order valence-electron chi connectivity index (χ2n) is 4.37. The highest BCUT2D eigenvalue weighted by Crippen LogP contribution is 2.32. The molecule has 0 bridgehead atoms. The molecule has 1 aliphatic rings. The summed E-state index contributed by atoms with van der Waals surface area (Å²) in [5.41, 5.74) is 3.97. The first kappa shape index (κ1) is 9.48. The van der Waals surface area contributed by atoms with Crippen LogP contribution in [-0.2, 0) is 0 Å². The van der Waals surface area contributed by atoms with Crippen LogP contribution >= 0.6 is 0 Å². The van der Waals surface area contributed by atoms with E-state index in [1.807, 2.05) is 36.5 Å². The summed E-state index contributed by atoms with van der Waals surface area (Å²) in [6.07, 6.45) is 3.93. The highest BCUT2D eigenvalue weighted by Gasteiger charge is 2.15. The van der Waals surface area contributed by atoms with Crippen molar-refractivity contribution < 1.29 is 0 Å². The van der Waals surface area contributed by atoms with Gasteiger partial charge in [0.1, 0.15) is 0 Å². The van der Waals surface area contributed by atoms with Crippen LogP contribution in [0.2, 0.25) is 0 Å². The minimum absolute atomic E-state index is 0.00389. The number of hydrogen-bond acceptors (Lipinski definition) is 2. The van der Waals surface area contributed by atoms with Crippen molar-refractivity contribution in [2.45, 2.75) is 0 Å². The van der Waals surface area contributed by atoms with Gasteiger partial charge < -0.3 is 5.32 Å². The molecule has 2 aromatic heterocycles. The molecule has 1 N–H and O–H groups in total. The molecule has 4 rings (SSSR count). The Labute approximate surface area is 103 Å². The van der Waals surface area contributed by atoms with Gasteiger partial charge in [0.2, 0.25) is 0 Å². The molecule has 1 aliphatic heterocycles. The van der Waals surface area contributed by atoms with Crippen molar-refractivity contribution in [3.05, 3.63) is 64.6 Å². The Hall–Kier alpha value is -2.55. The smallest absolute Gasteiger partial charge is 0.255 e. The molecule has 0 spiro atoms. The van der Waals surface area contributed by atoms with E-state index in [9.17, 15) is 4.79 Å². The molecule has 0 saturated carbocycles. The summed E-state index contributed by atoms with van der Waals surface area (Å²) in [5.74, 6) is 0. The Bertz CT molecular complexity index is 875. The van der Waals surface area contributed by atoms with Crippen molar-refractivity contribution in [1.29, 1.82) is 0 Å². The largest absolute Gasteiger partial charge is 0.360 e. The van der Waals surface area contributed by atoms with Crippen molar-refractivity contribution in [3.8, 4) is 0 Å². The van der Waals surface area contributed by atoms with Crippen molar-refractivity contribution in [2.24, 2.45) is 0 Å². The van der Waals surface area contributed by atoms with Crippen LogP contribution in [0.1, 0.15) is 5.56 Å². The zero-order valence-electron chi connectivity index (χ0n) is 9.55. The zero-order chi connectivity index (χ0) is 12.1. The molecular weight excluding hydrogens is 224 g/mol. The molecule has 3 heteroatoms. The third-order valence-electron chi connectivity index (χ3n) is 3.38. The van der Waals surface area contributed by atoms with Gasteiger partial charge in [-0.25, -0.2) is 0 Å². The molecule has 0 fully saturated rings. The number of fused-ring (bicyclic) bond motifs is 3. The maximum atomic E-state index is 12.2. The molecule has 18 heavy (non-hydrogen) atoms. The third kappa shape index (κ3) is 1.06. The first-order valence-electron chi connectivity index (χ1n) is 5.86. The molecule has 0 amide bonds. The van der Waals surface area contributed by atoms with Crippen molar-refractivity contribution in [2.75, 3.05) is 5.32 Å². The van der Waals surface area contributed by atoms with Crippen LogP contribution in [0.3, 0.4) is 0 Å². The van der Waals surface area contributed by atoms with Crippen molar-refractivity contribution in [3.63, 3.8) is 0 Å². The lowest BCUT2D eigenvalue weighted by molar-refractivity contribution is 1.19. The number of rotatable bonds is 0. The van der Waals surface area contributed by atoms with Crippen molar-refractivity contribution >= 4 is 28.2 Å². The Morgan fingerprint density at radius 3 is 2.83 bits per heavy atom. The van der Waals surface area contributed by atoms with Crippen LogP contribution in [0.15, 0.2) is 53.5 Å². The van der Waals surface area contributed by atoms with E-state index in [4.69, 9.17) is 0 Å². The van der Waals surface area contributed by atoms with Gasteiger partial charge in [0.05, 0.1) is 16.7 Å². The van der Waals surface area contributed by atoms with Gasteiger partial charge in [0.25, 0.3) is 5.56 Å². The number of aromatic nitrogens is 1. The Balaban J connectivity index is 2.47. The summed E-state index contributed by atoms with van der Waals surface area (Å²) in [6.45, 7) is 0. The zero-order valence-corrected chi connectivity index (χ0v) is 9.55. The van der Waals surface area contributed by atoms with E-state index in [2.05, 4.69) is 11.4 Å². The predicted octanol–water partition coefficient (Wildman–Crippen LogP) is 2.85. The Morgan fingerprint density at radius 1 is 1.00 bits per heavy atom. The van der Waals surface area contributed by atoms with Gasteiger partial charge in [-0.2, -0.15) is 0 Å². The van der Waals surface area contributed by atoms with Gasteiger partial charge in [-0.15, -0.1) is 0 Å². The van der Waals surface area contributed by atoms with E-state index in [1.165, 1.54) is 0 Å². The van der Waals surface area contributed by atoms with E-state index in [0.717, 1.165) is 27.7 Å². The molecule has 86 valence electrons. The standard InChI is InChI=1S/C15H10N2O/c18-14-7-3-5-12-15-11(8-9-16-12)10-4-1-2-6-13(10)17(14)15/h1-9,16H. The fourth-order valence-corrected chi connectivity index (χ4v) is 2.64. The fraction of sp³-hybridized carbons (Fsp3) is 0. The first-order chi connectivity index (χ1) is 8.86. The van der Waals surface area contributed by atoms with Gasteiger partial charge in [0.15, 0.2) is 0 Å². The summed E-state index contributed by atoms with van der Waals surface area (Å²) >= 11 is 0. The minimum atomic E-state index is -0.00389. The maximum Gasteiger partial charge on any atom is 0.255 e. The van der Waals surface area contributed by atoms with E-state index >= 15 is 0 Å². The van der Waals surface area contributed by atoms with E-state index in [0.29, 0.717) is 0 Å². The van der Waals surface area contributed by atoms with Gasteiger partial charge >= 0.3 is 0 Å². The van der Waals surface area contributed by atoms with Crippen LogP contribution in [-0.4, -0.2) is 4.40 Å². The monoisotopic (exact) mass is 234 g/mol. The molecule has 0 radical (unpaired) electrons. The topological polar surface area (TPSA) is 33.5 Å². The van der Waals surface area contributed by atoms with Crippen LogP contribution in [0.5, 0.6) is 0 Å². The van der Waals surface area contributed by atoms with Crippen LogP contribution in [0, 0.1) is 0 Å². The Morgan fingerprint density at radius 2 is 1.89 bits per heavy atom. The third-order valence-corrected chi connectivity index (χ3v) is 3.38. The van der Waals surface area contributed by atoms with Crippen LogP contribution < -0.4 is 10.9 Å². The molecule has 3 nitrogen and oxygen atoms in total. The van der Waals surface area contributed by atoms with Crippen LogP contribution in [0.4, 0.5) is 5.69 Å². The van der Waals surface area contributed by atoms with Gasteiger partial charge in [-0.05, 0) is 18.2 Å². The SMILES string of the molecule is O=c1cccc2c3c(c4ccccc4n13)C=CN2. The highest BCUT2D eigenvalue weighted by atomic mass is 16.1. The van der Waals surface area contributed by atoms with Crippen LogP contribution in [0.25, 0.3) is 22.5 Å². The average molecular weight is 234 g/mol. The van der Waals surface area contributed by atoms with Crippen molar-refractivity contribution in [1.82, 2.24) is 4.40 Å². The molecule has 3 aromatic rings. The summed E-state index contributed by atoms with van der Waals surface area (Å²) in [4.78, 5) is 12.2. The molecule has 3 heterocycles. The number of para-hydroxylation sites is 1. The number of anilines is 1. The quantitative estimate of drug-likeness (QED) is 0.649. The van der Waals surface area contributed by atoms with Gasteiger partial charge in [-0.1, -0.05) is 24.3 Å². The fourth-order valence-electron chi connectivity index (χ4n) is 2.64. The first-order valence-corrected chi connectivity index (χ1v) is 5.86. The number of hydrogen-bond donors (Lipinski definition) is 1. The number of nitrogens with zero attached hydrogens (tertiary/aromatic N) is 1. The van der Waals surface area contributed by atoms with E-state index in [1.54, 1.807) is 16.5 Å². The second kappa shape index (κ2) is 3.23. The van der Waals surface area contributed by atoms with Gasteiger partial charge in [0, 0.05) is 23.2 Å². The molecule has 0 atom stereocenters. The van der Waals surface area contributed by atoms with E-state index < -0.39 is 0 Å². The number of benzene rings is 1. The molecule has 0 aliphatic carbocycles. The molecule has 1 aromatic carbocycles. The lowest BCUT2D eigenvalue weighted by atomic mass is 10.1. The lowest BCUT2D eigenvalue weighted by Gasteiger charge is -2.06. The molecule has 0 unspecified atom stereocenters. The summed E-state index contributed by atoms with van der Waals surface area (Å²) in [5, 5.41) is 4.31. The second-order valence-corrected chi connectivity index (χ2v) is 4.37. The number of nitrogens with one attached hydrogen (secondary N) is 1. The Kier molecular flexibility index (Phi) is 1.70. The maximum absolute atomic E-state index is 12.2. The predicted molar refractivity (Wildman–Crippen MR) is 73.8 cm³/mol.